The van der Waals surface area contributed by atoms with E-state index in [1.165, 1.54) is 3.97 Å². The van der Waals surface area contributed by atoms with Gasteiger partial charge in [-0.15, -0.1) is 0 Å². The molecule has 1 heterocycles. The van der Waals surface area contributed by atoms with Gasteiger partial charge < -0.3 is 5.73 Å². The molecule has 18 heavy (non-hydrogen) atoms. The largest absolute Gasteiger partial charge is 0.330 e. The van der Waals surface area contributed by atoms with Crippen molar-refractivity contribution in [3.63, 3.8) is 0 Å². The molecule has 4 nitrogen and oxygen atoms in total. The Morgan fingerprint density at radius 3 is 2.44 bits per heavy atom. The van der Waals surface area contributed by atoms with Gasteiger partial charge in [-0.3, -0.25) is 0 Å². The molecule has 0 bridgehead atoms. The predicted octanol–water partition coefficient (Wildman–Crippen LogP) is 1.62. The van der Waals surface area contributed by atoms with Crippen molar-refractivity contribution in [3.05, 3.63) is 54.4 Å². The summed E-state index contributed by atoms with van der Waals surface area (Å²) in [4.78, 5) is 0.301. The molecule has 0 saturated heterocycles. The molecular formula is C13H16N2O2S. The first-order valence-corrected chi connectivity index (χ1v) is 7.27. The molecule has 0 aliphatic carbocycles. The molecule has 0 amide bonds. The Morgan fingerprint density at radius 1 is 1.06 bits per heavy atom. The van der Waals surface area contributed by atoms with E-state index in [1.807, 2.05) is 6.07 Å². The monoisotopic (exact) mass is 264 g/mol. The Bertz CT molecular complexity index is 603. The van der Waals surface area contributed by atoms with Gasteiger partial charge in [-0.05, 0) is 43.7 Å². The zero-order valence-corrected chi connectivity index (χ0v) is 10.8. The first-order chi connectivity index (χ1) is 8.66. The number of rotatable bonds is 5. The first-order valence-electron chi connectivity index (χ1n) is 5.83. The van der Waals surface area contributed by atoms with Crippen molar-refractivity contribution in [1.29, 1.82) is 0 Å². The summed E-state index contributed by atoms with van der Waals surface area (Å²) in [6.45, 7) is 0.552. The summed E-state index contributed by atoms with van der Waals surface area (Å²) in [6.07, 6.45) is 3.01. The van der Waals surface area contributed by atoms with E-state index in [2.05, 4.69) is 0 Å². The van der Waals surface area contributed by atoms with Crippen LogP contribution in [-0.2, 0) is 16.4 Å². The fourth-order valence-electron chi connectivity index (χ4n) is 1.82. The number of aryl methyl sites for hydroxylation is 1. The van der Waals surface area contributed by atoms with Gasteiger partial charge in [-0.2, -0.15) is 0 Å². The second-order valence-electron chi connectivity index (χ2n) is 4.01. The standard InChI is InChI=1S/C13H16N2O2S/c14-10-4-6-12-7-5-11-15(12)18(16,17)13-8-2-1-3-9-13/h1-3,5,7-9,11H,4,6,10,14H2. The highest BCUT2D eigenvalue weighted by Gasteiger charge is 2.18. The lowest BCUT2D eigenvalue weighted by Crippen LogP contribution is -2.15. The summed E-state index contributed by atoms with van der Waals surface area (Å²) in [5.74, 6) is 0. The Labute approximate surface area is 107 Å². The van der Waals surface area contributed by atoms with Crippen molar-refractivity contribution in [2.45, 2.75) is 17.7 Å². The number of hydrogen-bond acceptors (Lipinski definition) is 3. The average molecular weight is 264 g/mol. The number of benzene rings is 1. The van der Waals surface area contributed by atoms with Gasteiger partial charge in [0.05, 0.1) is 4.90 Å². The van der Waals surface area contributed by atoms with E-state index in [-0.39, 0.29) is 0 Å². The van der Waals surface area contributed by atoms with Crippen LogP contribution < -0.4 is 5.73 Å². The Balaban J connectivity index is 2.40. The third-order valence-corrected chi connectivity index (χ3v) is 4.47. The van der Waals surface area contributed by atoms with Crippen molar-refractivity contribution in [2.24, 2.45) is 5.73 Å². The van der Waals surface area contributed by atoms with E-state index in [0.717, 1.165) is 12.1 Å². The van der Waals surface area contributed by atoms with Gasteiger partial charge in [0.25, 0.3) is 10.0 Å². The third-order valence-electron chi connectivity index (χ3n) is 2.73. The normalized spacial score (nSPS) is 11.6. The molecule has 0 aliphatic heterocycles. The molecule has 0 fully saturated rings. The molecular weight excluding hydrogens is 248 g/mol. The lowest BCUT2D eigenvalue weighted by Gasteiger charge is -2.10. The van der Waals surface area contributed by atoms with Crippen molar-refractivity contribution < 1.29 is 8.42 Å². The van der Waals surface area contributed by atoms with Crippen molar-refractivity contribution >= 4 is 10.0 Å². The van der Waals surface area contributed by atoms with E-state index in [1.54, 1.807) is 42.6 Å². The molecule has 0 radical (unpaired) electrons. The fourth-order valence-corrected chi connectivity index (χ4v) is 3.24. The smallest absolute Gasteiger partial charge is 0.267 e. The van der Waals surface area contributed by atoms with Gasteiger partial charge in [0.2, 0.25) is 0 Å². The molecule has 0 atom stereocenters. The van der Waals surface area contributed by atoms with Crippen LogP contribution in [0.4, 0.5) is 0 Å². The van der Waals surface area contributed by atoms with Gasteiger partial charge in [0.1, 0.15) is 0 Å². The molecule has 0 unspecified atom stereocenters. The van der Waals surface area contributed by atoms with Crippen molar-refractivity contribution in [1.82, 2.24) is 3.97 Å². The fraction of sp³-hybridized carbons (Fsp3) is 0.231. The van der Waals surface area contributed by atoms with Crippen LogP contribution in [0.3, 0.4) is 0 Å². The lowest BCUT2D eigenvalue weighted by atomic mass is 10.2. The summed E-state index contributed by atoms with van der Waals surface area (Å²) in [6, 6.07) is 12.0. The molecule has 1 aromatic heterocycles. The highest BCUT2D eigenvalue weighted by molar-refractivity contribution is 7.90. The quantitative estimate of drug-likeness (QED) is 0.892. The number of aromatic nitrogens is 1. The molecule has 5 heteroatoms. The average Bonchev–Trinajstić information content (AvgIpc) is 2.86. The molecule has 2 rings (SSSR count). The second kappa shape index (κ2) is 5.37. The van der Waals surface area contributed by atoms with Gasteiger partial charge in [0, 0.05) is 11.9 Å². The van der Waals surface area contributed by atoms with Gasteiger partial charge in [-0.25, -0.2) is 12.4 Å². The molecule has 1 aromatic carbocycles. The molecule has 0 aliphatic rings. The van der Waals surface area contributed by atoms with Crippen LogP contribution in [-0.4, -0.2) is 18.9 Å². The van der Waals surface area contributed by atoms with Gasteiger partial charge in [-0.1, -0.05) is 18.2 Å². The highest BCUT2D eigenvalue weighted by Crippen LogP contribution is 2.17. The topological polar surface area (TPSA) is 65.1 Å². The summed E-state index contributed by atoms with van der Waals surface area (Å²) in [5, 5.41) is 0. The van der Waals surface area contributed by atoms with E-state index in [0.29, 0.717) is 17.9 Å². The van der Waals surface area contributed by atoms with Crippen LogP contribution in [0, 0.1) is 0 Å². The van der Waals surface area contributed by atoms with Crippen LogP contribution in [0.2, 0.25) is 0 Å². The van der Waals surface area contributed by atoms with Gasteiger partial charge >= 0.3 is 0 Å². The lowest BCUT2D eigenvalue weighted by molar-refractivity contribution is 0.584. The van der Waals surface area contributed by atoms with Crippen LogP contribution >= 0.6 is 0 Å². The molecule has 96 valence electrons. The van der Waals surface area contributed by atoms with E-state index < -0.39 is 10.0 Å². The zero-order valence-electron chi connectivity index (χ0n) is 9.99. The van der Waals surface area contributed by atoms with Crippen LogP contribution in [0.25, 0.3) is 0 Å². The maximum atomic E-state index is 12.4. The van der Waals surface area contributed by atoms with E-state index >= 15 is 0 Å². The van der Waals surface area contributed by atoms with Crippen LogP contribution in [0.5, 0.6) is 0 Å². The number of nitrogens with zero attached hydrogens (tertiary/aromatic N) is 1. The van der Waals surface area contributed by atoms with E-state index in [4.69, 9.17) is 5.73 Å². The Morgan fingerprint density at radius 2 is 1.78 bits per heavy atom. The molecule has 2 N–H and O–H groups in total. The minimum atomic E-state index is -3.48. The maximum absolute atomic E-state index is 12.4. The third kappa shape index (κ3) is 2.47. The van der Waals surface area contributed by atoms with Crippen molar-refractivity contribution in [2.75, 3.05) is 6.54 Å². The second-order valence-corrected chi connectivity index (χ2v) is 5.82. The summed E-state index contributed by atoms with van der Waals surface area (Å²) in [5.41, 5.74) is 6.22. The first kappa shape index (κ1) is 12.9. The van der Waals surface area contributed by atoms with E-state index in [9.17, 15) is 8.42 Å². The SMILES string of the molecule is NCCCc1cccn1S(=O)(=O)c1ccccc1. The number of hydrogen-bond donors (Lipinski definition) is 1. The van der Waals surface area contributed by atoms with Gasteiger partial charge in [0.15, 0.2) is 0 Å². The molecule has 0 spiro atoms. The zero-order chi connectivity index (χ0) is 13.0. The summed E-state index contributed by atoms with van der Waals surface area (Å²) >= 11 is 0. The Kier molecular flexibility index (Phi) is 3.84. The van der Waals surface area contributed by atoms with Crippen LogP contribution in [0.1, 0.15) is 12.1 Å². The minimum absolute atomic E-state index is 0.301. The Hall–Kier alpha value is -1.59. The summed E-state index contributed by atoms with van der Waals surface area (Å²) < 4.78 is 26.2. The summed E-state index contributed by atoms with van der Waals surface area (Å²) in [7, 11) is -3.48. The highest BCUT2D eigenvalue weighted by atomic mass is 32.2. The maximum Gasteiger partial charge on any atom is 0.267 e. The molecule has 0 saturated carbocycles. The minimum Gasteiger partial charge on any atom is -0.330 e. The van der Waals surface area contributed by atoms with Crippen LogP contribution in [0.15, 0.2) is 53.6 Å². The predicted molar refractivity (Wildman–Crippen MR) is 70.8 cm³/mol. The number of nitrogens with two attached hydrogens (primary N) is 1. The molecule has 2 aromatic rings. The van der Waals surface area contributed by atoms with Crippen molar-refractivity contribution in [3.8, 4) is 0 Å².